The van der Waals surface area contributed by atoms with Crippen molar-refractivity contribution in [2.45, 2.75) is 52.4 Å². The predicted molar refractivity (Wildman–Crippen MR) is 98.3 cm³/mol. The van der Waals surface area contributed by atoms with Crippen LogP contribution in [-0.4, -0.2) is 29.8 Å². The molecule has 0 spiro atoms. The lowest BCUT2D eigenvalue weighted by molar-refractivity contribution is -0.132. The molecule has 0 bridgehead atoms. The highest BCUT2D eigenvalue weighted by atomic mass is 35.5. The van der Waals surface area contributed by atoms with Crippen LogP contribution < -0.4 is 5.32 Å². The van der Waals surface area contributed by atoms with Gasteiger partial charge in [0.25, 0.3) is 0 Å². The van der Waals surface area contributed by atoms with Gasteiger partial charge in [0.15, 0.2) is 0 Å². The molecule has 24 heavy (non-hydrogen) atoms. The quantitative estimate of drug-likeness (QED) is 0.855. The number of nitrogens with zero attached hydrogens (tertiary/aromatic N) is 1. The van der Waals surface area contributed by atoms with Gasteiger partial charge in [-0.1, -0.05) is 37.4 Å². The summed E-state index contributed by atoms with van der Waals surface area (Å²) in [6.07, 6.45) is 5.37. The lowest BCUT2D eigenvalue weighted by atomic mass is 10.0. The number of halogens is 1. The Bertz CT molecular complexity index is 581. The number of hydrogen-bond donors (Lipinski definition) is 1. The molecular weight excluding hydrogens is 324 g/mol. The number of carbonyl (C=O) groups is 2. The standard InChI is InChI=1S/C19H27ClN2O2/c1-14(12-19(24)22-9-5-3-4-6-10-22)11-18(23)21-16-8-7-15(2)17(20)13-16/h7-8,13-14H,3-6,9-12H2,1-2H3,(H,21,23)/t14-/m0/s1. The van der Waals surface area contributed by atoms with E-state index < -0.39 is 0 Å². The van der Waals surface area contributed by atoms with Gasteiger partial charge < -0.3 is 10.2 Å². The summed E-state index contributed by atoms with van der Waals surface area (Å²) in [5, 5.41) is 3.49. The Balaban J connectivity index is 1.80. The molecule has 1 N–H and O–H groups in total. The van der Waals surface area contributed by atoms with Gasteiger partial charge in [0.2, 0.25) is 11.8 Å². The minimum Gasteiger partial charge on any atom is -0.343 e. The second kappa shape index (κ2) is 9.07. The third-order valence-corrected chi connectivity index (χ3v) is 4.88. The van der Waals surface area contributed by atoms with E-state index in [1.165, 1.54) is 12.8 Å². The van der Waals surface area contributed by atoms with Crippen molar-refractivity contribution in [2.24, 2.45) is 5.92 Å². The molecule has 0 saturated carbocycles. The number of benzene rings is 1. The first-order chi connectivity index (χ1) is 11.5. The zero-order valence-electron chi connectivity index (χ0n) is 14.6. The molecule has 1 aliphatic heterocycles. The lowest BCUT2D eigenvalue weighted by Gasteiger charge is -2.22. The SMILES string of the molecule is Cc1ccc(NC(=O)C[C@H](C)CC(=O)N2CCCCCC2)cc1Cl. The van der Waals surface area contributed by atoms with Crippen LogP contribution in [0.1, 0.15) is 51.0 Å². The maximum atomic E-state index is 12.4. The Morgan fingerprint density at radius 3 is 2.46 bits per heavy atom. The van der Waals surface area contributed by atoms with E-state index in [9.17, 15) is 9.59 Å². The molecular formula is C19H27ClN2O2. The molecule has 1 aromatic carbocycles. The van der Waals surface area contributed by atoms with Crippen LogP contribution in [0.3, 0.4) is 0 Å². The van der Waals surface area contributed by atoms with Gasteiger partial charge in [0, 0.05) is 36.6 Å². The van der Waals surface area contributed by atoms with E-state index in [2.05, 4.69) is 5.32 Å². The van der Waals surface area contributed by atoms with E-state index in [0.717, 1.165) is 31.5 Å². The second-order valence-electron chi connectivity index (χ2n) is 6.82. The van der Waals surface area contributed by atoms with Crippen LogP contribution in [-0.2, 0) is 9.59 Å². The molecule has 1 atom stereocenters. The van der Waals surface area contributed by atoms with E-state index >= 15 is 0 Å². The Kier molecular flexibility index (Phi) is 7.10. The molecule has 1 aromatic rings. The summed E-state index contributed by atoms with van der Waals surface area (Å²) in [6, 6.07) is 5.47. The van der Waals surface area contributed by atoms with E-state index in [4.69, 9.17) is 11.6 Å². The van der Waals surface area contributed by atoms with E-state index in [-0.39, 0.29) is 17.7 Å². The molecule has 132 valence electrons. The number of hydrogen-bond acceptors (Lipinski definition) is 2. The van der Waals surface area contributed by atoms with Gasteiger partial charge in [-0.05, 0) is 43.4 Å². The van der Waals surface area contributed by atoms with Crippen molar-refractivity contribution >= 4 is 29.1 Å². The van der Waals surface area contributed by atoms with Crippen LogP contribution in [0, 0.1) is 12.8 Å². The Labute approximate surface area is 149 Å². The highest BCUT2D eigenvalue weighted by Gasteiger charge is 2.19. The van der Waals surface area contributed by atoms with Crippen molar-refractivity contribution in [1.29, 1.82) is 0 Å². The Hall–Kier alpha value is -1.55. The Morgan fingerprint density at radius 1 is 1.17 bits per heavy atom. The zero-order chi connectivity index (χ0) is 17.5. The van der Waals surface area contributed by atoms with Gasteiger partial charge in [0.1, 0.15) is 0 Å². The second-order valence-corrected chi connectivity index (χ2v) is 7.23. The summed E-state index contributed by atoms with van der Waals surface area (Å²) >= 11 is 6.07. The molecule has 0 aromatic heterocycles. The maximum absolute atomic E-state index is 12.4. The molecule has 1 fully saturated rings. The summed E-state index contributed by atoms with van der Waals surface area (Å²) in [7, 11) is 0. The number of aryl methyl sites for hydroxylation is 1. The molecule has 0 aliphatic carbocycles. The first-order valence-corrected chi connectivity index (χ1v) is 9.17. The number of nitrogens with one attached hydrogen (secondary N) is 1. The van der Waals surface area contributed by atoms with Gasteiger partial charge in [0.05, 0.1) is 0 Å². The fourth-order valence-electron chi connectivity index (χ4n) is 3.02. The van der Waals surface area contributed by atoms with Gasteiger partial charge >= 0.3 is 0 Å². The third-order valence-electron chi connectivity index (χ3n) is 4.47. The fourth-order valence-corrected chi connectivity index (χ4v) is 3.20. The molecule has 0 unspecified atom stereocenters. The minimum absolute atomic E-state index is 0.0293. The highest BCUT2D eigenvalue weighted by molar-refractivity contribution is 6.31. The van der Waals surface area contributed by atoms with E-state index in [1.807, 2.05) is 30.9 Å². The van der Waals surface area contributed by atoms with Crippen molar-refractivity contribution in [3.8, 4) is 0 Å². The van der Waals surface area contributed by atoms with Crippen LogP contribution >= 0.6 is 11.6 Å². The molecule has 4 nitrogen and oxygen atoms in total. The Morgan fingerprint density at radius 2 is 1.83 bits per heavy atom. The van der Waals surface area contributed by atoms with Crippen LogP contribution in [0.15, 0.2) is 18.2 Å². The monoisotopic (exact) mass is 350 g/mol. The molecule has 1 aliphatic rings. The third kappa shape index (κ3) is 5.82. The number of likely N-dealkylation sites (tertiary alicyclic amines) is 1. The topological polar surface area (TPSA) is 49.4 Å². The zero-order valence-corrected chi connectivity index (χ0v) is 15.4. The summed E-state index contributed by atoms with van der Waals surface area (Å²) in [5.74, 6) is 0.128. The molecule has 2 rings (SSSR count). The van der Waals surface area contributed by atoms with Crippen LogP contribution in [0.25, 0.3) is 0 Å². The summed E-state index contributed by atoms with van der Waals surface area (Å²) in [5.41, 5.74) is 1.67. The van der Waals surface area contributed by atoms with Gasteiger partial charge in [-0.2, -0.15) is 0 Å². The van der Waals surface area contributed by atoms with Crippen molar-refractivity contribution in [3.63, 3.8) is 0 Å². The smallest absolute Gasteiger partial charge is 0.224 e. The first kappa shape index (κ1) is 18.8. The van der Waals surface area contributed by atoms with E-state index in [0.29, 0.717) is 23.6 Å². The lowest BCUT2D eigenvalue weighted by Crippen LogP contribution is -2.33. The summed E-state index contributed by atoms with van der Waals surface area (Å²) in [4.78, 5) is 26.5. The van der Waals surface area contributed by atoms with Crippen LogP contribution in [0.4, 0.5) is 5.69 Å². The van der Waals surface area contributed by atoms with E-state index in [1.54, 1.807) is 6.07 Å². The molecule has 1 heterocycles. The van der Waals surface area contributed by atoms with Crippen molar-refractivity contribution in [2.75, 3.05) is 18.4 Å². The molecule has 1 saturated heterocycles. The number of amides is 2. The molecule has 5 heteroatoms. The molecule has 2 amide bonds. The highest BCUT2D eigenvalue weighted by Crippen LogP contribution is 2.21. The number of anilines is 1. The van der Waals surface area contributed by atoms with Gasteiger partial charge in [-0.25, -0.2) is 0 Å². The van der Waals surface area contributed by atoms with Gasteiger partial charge in [-0.3, -0.25) is 9.59 Å². The number of carbonyl (C=O) groups excluding carboxylic acids is 2. The fraction of sp³-hybridized carbons (Fsp3) is 0.579. The first-order valence-electron chi connectivity index (χ1n) is 8.79. The normalized spacial score (nSPS) is 16.4. The van der Waals surface area contributed by atoms with Crippen LogP contribution in [0.5, 0.6) is 0 Å². The number of rotatable bonds is 5. The van der Waals surface area contributed by atoms with Crippen molar-refractivity contribution in [3.05, 3.63) is 28.8 Å². The van der Waals surface area contributed by atoms with Crippen LogP contribution in [0.2, 0.25) is 5.02 Å². The van der Waals surface area contributed by atoms with Gasteiger partial charge in [-0.15, -0.1) is 0 Å². The summed E-state index contributed by atoms with van der Waals surface area (Å²) in [6.45, 7) is 5.60. The maximum Gasteiger partial charge on any atom is 0.224 e. The average Bonchev–Trinajstić information content (AvgIpc) is 2.80. The minimum atomic E-state index is -0.0777. The molecule has 0 radical (unpaired) electrons. The van der Waals surface area contributed by atoms with Crippen molar-refractivity contribution in [1.82, 2.24) is 4.90 Å². The summed E-state index contributed by atoms with van der Waals surface area (Å²) < 4.78 is 0. The van der Waals surface area contributed by atoms with Crippen molar-refractivity contribution < 1.29 is 9.59 Å². The largest absolute Gasteiger partial charge is 0.343 e. The average molecular weight is 351 g/mol. The predicted octanol–water partition coefficient (Wildman–Crippen LogP) is 4.41.